The molecule has 206 valence electrons. The van der Waals surface area contributed by atoms with E-state index in [1.165, 1.54) is 0 Å². The number of carbonyl (C=O) groups excluding carboxylic acids is 1. The average Bonchev–Trinajstić information content (AvgIpc) is 3.58. The van der Waals surface area contributed by atoms with Crippen LogP contribution in [0, 0.1) is 6.92 Å². The first kappa shape index (κ1) is 26.1. The van der Waals surface area contributed by atoms with Crippen LogP contribution in [0.3, 0.4) is 0 Å². The second-order valence-electron chi connectivity index (χ2n) is 10.5. The third kappa shape index (κ3) is 4.64. The van der Waals surface area contributed by atoms with Crippen LogP contribution in [0.1, 0.15) is 58.2 Å². The SMILES string of the molecule is CCOc1cc([C@H]2c3c(-c4ccc(C)cc4)nn([C@@H]4CCS(=O)(=O)C4)c3C(=O)N2Cc2ccccc2)ccc1O. The number of phenolic OH excluding ortho intramolecular Hbond substituents is 1. The van der Waals surface area contributed by atoms with Gasteiger partial charge in [-0.05, 0) is 43.5 Å². The number of nitrogens with zero attached hydrogens (tertiary/aromatic N) is 3. The number of ether oxygens (including phenoxy) is 1. The van der Waals surface area contributed by atoms with Crippen LogP contribution < -0.4 is 4.74 Å². The van der Waals surface area contributed by atoms with Crippen LogP contribution in [-0.2, 0) is 16.4 Å². The summed E-state index contributed by atoms with van der Waals surface area (Å²) in [6.07, 6.45) is 0.411. The minimum atomic E-state index is -3.21. The van der Waals surface area contributed by atoms with E-state index in [2.05, 4.69) is 0 Å². The van der Waals surface area contributed by atoms with Crippen LogP contribution in [0.25, 0.3) is 11.3 Å². The molecule has 0 spiro atoms. The lowest BCUT2D eigenvalue weighted by molar-refractivity contribution is 0.0722. The van der Waals surface area contributed by atoms with Crippen LogP contribution in [0.2, 0.25) is 0 Å². The lowest BCUT2D eigenvalue weighted by Crippen LogP contribution is -2.30. The molecule has 0 unspecified atom stereocenters. The number of hydrogen-bond donors (Lipinski definition) is 1. The van der Waals surface area contributed by atoms with Crippen LogP contribution in [-0.4, -0.2) is 52.2 Å². The zero-order chi connectivity index (χ0) is 28.0. The van der Waals surface area contributed by atoms with Gasteiger partial charge in [-0.25, -0.2) is 8.42 Å². The van der Waals surface area contributed by atoms with Gasteiger partial charge in [-0.1, -0.05) is 66.2 Å². The number of aromatic nitrogens is 2. The van der Waals surface area contributed by atoms with Crippen LogP contribution in [0.4, 0.5) is 0 Å². The first-order valence-electron chi connectivity index (χ1n) is 13.5. The number of sulfone groups is 1. The topological polar surface area (TPSA) is 102 Å². The van der Waals surface area contributed by atoms with Gasteiger partial charge in [0, 0.05) is 17.7 Å². The monoisotopic (exact) mass is 557 g/mol. The number of amides is 1. The van der Waals surface area contributed by atoms with E-state index in [1.807, 2.05) is 68.4 Å². The van der Waals surface area contributed by atoms with Crippen molar-refractivity contribution in [3.63, 3.8) is 0 Å². The number of fused-ring (bicyclic) bond motifs is 1. The molecule has 0 bridgehead atoms. The maximum absolute atomic E-state index is 14.3. The Hall–Kier alpha value is -4.11. The van der Waals surface area contributed by atoms with Crippen molar-refractivity contribution in [2.45, 2.75) is 38.9 Å². The second kappa shape index (κ2) is 10.1. The average molecular weight is 558 g/mol. The normalized spacial score (nSPS) is 19.6. The molecule has 0 aliphatic carbocycles. The van der Waals surface area contributed by atoms with E-state index in [0.29, 0.717) is 36.7 Å². The first-order valence-corrected chi connectivity index (χ1v) is 15.3. The van der Waals surface area contributed by atoms with Gasteiger partial charge in [-0.3, -0.25) is 9.48 Å². The van der Waals surface area contributed by atoms with Crippen molar-refractivity contribution >= 4 is 15.7 Å². The van der Waals surface area contributed by atoms with Gasteiger partial charge in [0.25, 0.3) is 5.91 Å². The molecule has 1 fully saturated rings. The summed E-state index contributed by atoms with van der Waals surface area (Å²) in [5.74, 6) is 0.193. The molecule has 1 saturated heterocycles. The van der Waals surface area contributed by atoms with Crippen LogP contribution in [0.5, 0.6) is 11.5 Å². The molecule has 40 heavy (non-hydrogen) atoms. The summed E-state index contributed by atoms with van der Waals surface area (Å²) < 4.78 is 32.3. The molecular weight excluding hydrogens is 526 g/mol. The van der Waals surface area contributed by atoms with E-state index in [-0.39, 0.29) is 23.2 Å². The summed E-state index contributed by atoms with van der Waals surface area (Å²) in [5, 5.41) is 15.4. The lowest BCUT2D eigenvalue weighted by Gasteiger charge is -2.27. The molecule has 1 N–H and O–H groups in total. The Kier molecular flexibility index (Phi) is 6.62. The summed E-state index contributed by atoms with van der Waals surface area (Å²) >= 11 is 0. The van der Waals surface area contributed by atoms with E-state index in [9.17, 15) is 18.3 Å². The molecule has 1 amide bonds. The Labute approximate surface area is 233 Å². The predicted molar refractivity (Wildman–Crippen MR) is 152 cm³/mol. The Balaban J connectivity index is 1.58. The molecule has 1 aromatic heterocycles. The van der Waals surface area contributed by atoms with Gasteiger partial charge in [0.2, 0.25) is 0 Å². The standard InChI is InChI=1S/C31H31N3O5S/c1-3-39-26-17-23(13-14-25(26)35)29-27-28(22-11-9-20(2)10-12-22)32-34(24-15-16-40(37,38)19-24)30(27)31(36)33(29)18-21-7-5-4-6-8-21/h4-14,17,24,29,35H,3,15-16,18-19H2,1-2H3/t24-,29+/m1/s1. The van der Waals surface area contributed by atoms with Gasteiger partial charge in [-0.15, -0.1) is 0 Å². The second-order valence-corrected chi connectivity index (χ2v) is 12.7. The van der Waals surface area contributed by atoms with Crippen molar-refractivity contribution in [1.82, 2.24) is 14.7 Å². The molecule has 3 heterocycles. The van der Waals surface area contributed by atoms with E-state index in [0.717, 1.165) is 27.8 Å². The fourth-order valence-corrected chi connectivity index (χ4v) is 7.44. The van der Waals surface area contributed by atoms with Gasteiger partial charge in [0.05, 0.1) is 35.9 Å². The number of rotatable bonds is 7. The molecule has 2 aliphatic heterocycles. The third-order valence-electron chi connectivity index (χ3n) is 7.67. The Bertz CT molecular complexity index is 1680. The van der Waals surface area contributed by atoms with Gasteiger partial charge in [0.15, 0.2) is 21.3 Å². The first-order chi connectivity index (χ1) is 19.3. The highest BCUT2D eigenvalue weighted by Crippen LogP contribution is 2.47. The molecule has 9 heteroatoms. The maximum atomic E-state index is 14.3. The lowest BCUT2D eigenvalue weighted by atomic mass is 9.95. The Morgan fingerprint density at radius 2 is 1.80 bits per heavy atom. The molecular formula is C31H31N3O5S. The minimum absolute atomic E-state index is 0.0235. The summed E-state index contributed by atoms with van der Waals surface area (Å²) in [6, 6.07) is 22.0. The summed E-state index contributed by atoms with van der Waals surface area (Å²) in [4.78, 5) is 16.1. The predicted octanol–water partition coefficient (Wildman–Crippen LogP) is 5.07. The van der Waals surface area contributed by atoms with Gasteiger partial charge >= 0.3 is 0 Å². The zero-order valence-electron chi connectivity index (χ0n) is 22.4. The molecule has 8 nitrogen and oxygen atoms in total. The van der Waals surface area contributed by atoms with Crippen molar-refractivity contribution in [3.05, 3.63) is 101 Å². The number of phenols is 1. The van der Waals surface area contributed by atoms with Gasteiger partial charge < -0.3 is 14.7 Å². The quantitative estimate of drug-likeness (QED) is 0.341. The number of carbonyl (C=O) groups is 1. The molecule has 0 radical (unpaired) electrons. The fraction of sp³-hybridized carbons (Fsp3) is 0.290. The van der Waals surface area contributed by atoms with Crippen LogP contribution >= 0.6 is 0 Å². The summed E-state index contributed by atoms with van der Waals surface area (Å²) in [5.41, 5.74) is 5.50. The molecule has 3 aromatic carbocycles. The molecule has 6 rings (SSSR count). The van der Waals surface area contributed by atoms with Gasteiger partial charge in [-0.2, -0.15) is 5.10 Å². The van der Waals surface area contributed by atoms with Crippen molar-refractivity contribution in [3.8, 4) is 22.8 Å². The molecule has 0 saturated carbocycles. The summed E-state index contributed by atoms with van der Waals surface area (Å²) in [7, 11) is -3.21. The van der Waals surface area contributed by atoms with E-state index in [4.69, 9.17) is 9.84 Å². The van der Waals surface area contributed by atoms with Crippen molar-refractivity contribution in [2.24, 2.45) is 0 Å². The Morgan fingerprint density at radius 1 is 1.05 bits per heavy atom. The molecule has 2 atom stereocenters. The molecule has 4 aromatic rings. The van der Waals surface area contributed by atoms with E-state index in [1.54, 1.807) is 27.8 Å². The van der Waals surface area contributed by atoms with Crippen LogP contribution in [0.15, 0.2) is 72.8 Å². The smallest absolute Gasteiger partial charge is 0.273 e. The minimum Gasteiger partial charge on any atom is -0.504 e. The van der Waals surface area contributed by atoms with E-state index < -0.39 is 21.9 Å². The highest BCUT2D eigenvalue weighted by molar-refractivity contribution is 7.91. The number of aromatic hydroxyl groups is 1. The van der Waals surface area contributed by atoms with Gasteiger partial charge in [0.1, 0.15) is 5.69 Å². The number of aryl methyl sites for hydroxylation is 1. The highest BCUT2D eigenvalue weighted by Gasteiger charge is 2.46. The number of hydrogen-bond acceptors (Lipinski definition) is 6. The molecule has 2 aliphatic rings. The van der Waals surface area contributed by atoms with Crippen molar-refractivity contribution < 1.29 is 23.1 Å². The van der Waals surface area contributed by atoms with E-state index >= 15 is 0 Å². The maximum Gasteiger partial charge on any atom is 0.273 e. The fourth-order valence-electron chi connectivity index (χ4n) is 5.75. The van der Waals surface area contributed by atoms with Crippen molar-refractivity contribution in [1.29, 1.82) is 0 Å². The van der Waals surface area contributed by atoms with Crippen molar-refractivity contribution in [2.75, 3.05) is 18.1 Å². The Morgan fingerprint density at radius 3 is 2.48 bits per heavy atom. The number of benzene rings is 3. The third-order valence-corrected chi connectivity index (χ3v) is 9.42. The largest absolute Gasteiger partial charge is 0.504 e. The highest BCUT2D eigenvalue weighted by atomic mass is 32.2. The zero-order valence-corrected chi connectivity index (χ0v) is 23.3. The summed E-state index contributed by atoms with van der Waals surface area (Å²) in [6.45, 7) is 4.58.